The van der Waals surface area contributed by atoms with Crippen LogP contribution in [0.5, 0.6) is 0 Å². The quantitative estimate of drug-likeness (QED) is 0.0592. The Balaban J connectivity index is 0.000000402. The molecule has 0 bridgehead atoms. The first-order valence-electron chi connectivity index (χ1n) is 28.8. The second-order valence-electron chi connectivity index (χ2n) is 23.9. The molecule has 0 aliphatic carbocycles. The van der Waals surface area contributed by atoms with Gasteiger partial charge in [-0.1, -0.05) is 215 Å². The van der Waals surface area contributed by atoms with E-state index in [4.69, 9.17) is 0 Å². The van der Waals surface area contributed by atoms with Gasteiger partial charge >= 0.3 is 0 Å². The summed E-state index contributed by atoms with van der Waals surface area (Å²) in [6.45, 7) is 30.4. The lowest BCUT2D eigenvalue weighted by atomic mass is 9.81. The maximum Gasteiger partial charge on any atom is 0.266 e. The summed E-state index contributed by atoms with van der Waals surface area (Å²) < 4.78 is 0. The maximum absolute atomic E-state index is 15.7. The third-order valence-electron chi connectivity index (χ3n) is 18.5. The van der Waals surface area contributed by atoms with Crippen LogP contribution in [0.15, 0.2) is 121 Å². The number of carbonyl (C=O) groups is 4. The fourth-order valence-electron chi connectivity index (χ4n) is 14.5. The third kappa shape index (κ3) is 7.30. The van der Waals surface area contributed by atoms with Gasteiger partial charge in [0.15, 0.2) is 0 Å². The van der Waals surface area contributed by atoms with Crippen molar-refractivity contribution in [3.05, 3.63) is 177 Å². The molecule has 0 unspecified atom stereocenters. The summed E-state index contributed by atoms with van der Waals surface area (Å²) in [5.74, 6) is -0.645. The maximum atomic E-state index is 15.7. The van der Waals surface area contributed by atoms with Gasteiger partial charge in [0.1, 0.15) is 16.1 Å². The lowest BCUT2D eigenvalue weighted by Crippen LogP contribution is -2.56. The Morgan fingerprint density at radius 3 is 0.769 bits per heavy atom. The number of hydrogen-bond donors (Lipinski definition) is 0. The minimum Gasteiger partial charge on any atom is -0.268 e. The van der Waals surface area contributed by atoms with Gasteiger partial charge in [-0.15, -0.1) is 0 Å². The third-order valence-corrected chi connectivity index (χ3v) is 29.1. The number of anilines is 2. The number of imide groups is 2. The Morgan fingerprint density at radius 1 is 0.333 bits per heavy atom. The molecule has 396 valence electrons. The Labute approximate surface area is 463 Å². The molecule has 4 amide bonds. The van der Waals surface area contributed by atoms with Crippen LogP contribution < -0.4 is 30.5 Å². The van der Waals surface area contributed by atoms with Crippen LogP contribution in [0.4, 0.5) is 11.4 Å². The summed E-state index contributed by atoms with van der Waals surface area (Å²) in [6.07, 6.45) is 0. The van der Waals surface area contributed by atoms with Crippen LogP contribution in [0, 0.1) is 13.8 Å². The molecule has 9 aromatic rings. The molecular weight excluding hydrogens is 989 g/mol. The van der Waals surface area contributed by atoms with E-state index in [9.17, 15) is 0 Å². The van der Waals surface area contributed by atoms with E-state index in [1.807, 2.05) is 36.4 Å². The van der Waals surface area contributed by atoms with Gasteiger partial charge in [-0.05, 0) is 137 Å². The van der Waals surface area contributed by atoms with Crippen molar-refractivity contribution in [2.24, 2.45) is 0 Å². The van der Waals surface area contributed by atoms with Gasteiger partial charge in [0, 0.05) is 33.0 Å². The average molecular weight is 1060 g/mol. The molecule has 9 aromatic carbocycles. The van der Waals surface area contributed by atoms with Gasteiger partial charge in [-0.2, -0.15) is 0 Å². The van der Waals surface area contributed by atoms with Crippen LogP contribution in [-0.4, -0.2) is 39.8 Å². The Bertz CT molecular complexity index is 3530. The smallest absolute Gasteiger partial charge is 0.266 e. The second kappa shape index (κ2) is 19.4. The van der Waals surface area contributed by atoms with E-state index in [0.29, 0.717) is 22.3 Å². The molecule has 13 rings (SSSR count). The zero-order chi connectivity index (χ0) is 55.6. The predicted octanol–water partition coefficient (Wildman–Crippen LogP) is 15.7. The highest BCUT2D eigenvalue weighted by Gasteiger charge is 2.53. The molecule has 6 nitrogen and oxygen atoms in total. The average Bonchev–Trinajstić information content (AvgIpc) is 4.12. The zero-order valence-electron chi connectivity index (χ0n) is 48.2. The normalized spacial score (nSPS) is 15.5. The van der Waals surface area contributed by atoms with Crippen molar-refractivity contribution in [2.75, 3.05) is 9.80 Å². The molecule has 0 radical (unpaired) electrons. The van der Waals surface area contributed by atoms with Crippen LogP contribution in [0.3, 0.4) is 0 Å². The van der Waals surface area contributed by atoms with E-state index in [-0.39, 0.29) is 47.3 Å². The summed E-state index contributed by atoms with van der Waals surface area (Å²) in [5.41, 5.74) is 10.5. The van der Waals surface area contributed by atoms with Crippen LogP contribution in [0.25, 0.3) is 43.1 Å². The number of para-hydroxylation sites is 2. The van der Waals surface area contributed by atoms with Gasteiger partial charge < -0.3 is 0 Å². The first kappa shape index (κ1) is 53.0. The van der Waals surface area contributed by atoms with Crippen LogP contribution in [0.1, 0.15) is 182 Å². The Morgan fingerprint density at radius 2 is 0.577 bits per heavy atom. The van der Waals surface area contributed by atoms with Crippen molar-refractivity contribution in [3.8, 4) is 0 Å². The molecular formula is C70H74N2O4Si2. The van der Waals surface area contributed by atoms with Crippen molar-refractivity contribution in [1.29, 1.82) is 0 Å². The Hall–Kier alpha value is -7.01. The number of carbonyl (C=O) groups excluding carboxylic acids is 4. The fraction of sp³-hybridized carbons (Fsp3) is 0.314. The van der Waals surface area contributed by atoms with E-state index >= 15 is 19.2 Å². The standard InChI is InChI=1S/C56H58N2O4Si2.2C7H8/c1-13-63(14-2)39-23-35-43-37(55(61)57(53(35)59)51-31(27(5)6)19-17-20-32(51)28(7)8)25-41-47-48-42(64(41,15-3)16-4)26-38-44-36(24-40(63)46(50(44)48)45(39)49(43)47)54(60)58(56(38)62)52-33(29(9)10)21-18-22-34(52)30(11)12;2*1-7-5-3-2-4-6-7/h17-30H,13-16H2,1-12H3;2*2-6H,1H3. The largest absolute Gasteiger partial charge is 0.268 e. The molecule has 8 heteroatoms. The summed E-state index contributed by atoms with van der Waals surface area (Å²) in [4.78, 5) is 65.8. The van der Waals surface area contributed by atoms with Gasteiger partial charge in [0.05, 0.1) is 11.4 Å². The first-order chi connectivity index (χ1) is 37.3. The molecule has 0 N–H and O–H groups in total. The first-order valence-corrected chi connectivity index (χ1v) is 33.6. The SMILES string of the molecule is CC[Si]1(CC)c2cc3c4c(cc5c6c7c(cc8c9c(cc1c(c2c46)c97)C(=O)N(c1c(C(C)C)cccc1C(C)C)C8=O)[Si]5(CC)CC)C(=O)N(c1c(C(C)C)cccc1C(C)C)C3=O.Cc1ccccc1.Cc1ccccc1. The van der Waals surface area contributed by atoms with E-state index in [1.165, 1.54) is 31.9 Å². The van der Waals surface area contributed by atoms with Crippen LogP contribution >= 0.6 is 0 Å². The van der Waals surface area contributed by atoms with E-state index in [1.54, 1.807) is 9.80 Å². The molecule has 0 atom stereocenters. The molecule has 0 aromatic heterocycles. The molecule has 4 heterocycles. The number of nitrogens with zero attached hydrogens (tertiary/aromatic N) is 2. The molecule has 0 saturated heterocycles. The molecule has 4 aliphatic heterocycles. The highest BCUT2D eigenvalue weighted by molar-refractivity contribution is 7.10. The minimum absolute atomic E-state index is 0.0887. The van der Waals surface area contributed by atoms with Crippen LogP contribution in [0.2, 0.25) is 24.2 Å². The number of amides is 4. The lowest BCUT2D eigenvalue weighted by Gasteiger charge is -2.36. The highest BCUT2D eigenvalue weighted by Crippen LogP contribution is 2.53. The Kier molecular flexibility index (Phi) is 13.2. The zero-order valence-corrected chi connectivity index (χ0v) is 50.2. The fourth-order valence-corrected chi connectivity index (χ4v) is 23.7. The summed E-state index contributed by atoms with van der Waals surface area (Å²) in [6, 6.07) is 45.3. The van der Waals surface area contributed by atoms with E-state index < -0.39 is 16.1 Å². The van der Waals surface area contributed by atoms with Gasteiger partial charge in [-0.3, -0.25) is 19.2 Å². The second-order valence-corrected chi connectivity index (χ2v) is 33.2. The number of hydrogen-bond acceptors (Lipinski definition) is 4. The monoisotopic (exact) mass is 1060 g/mol. The van der Waals surface area contributed by atoms with E-state index in [2.05, 4.69) is 182 Å². The van der Waals surface area contributed by atoms with Gasteiger partial charge in [0.25, 0.3) is 23.6 Å². The van der Waals surface area contributed by atoms with Crippen molar-refractivity contribution in [1.82, 2.24) is 0 Å². The minimum atomic E-state index is -2.67. The molecule has 0 saturated carbocycles. The molecule has 78 heavy (non-hydrogen) atoms. The highest BCUT2D eigenvalue weighted by atomic mass is 28.3. The van der Waals surface area contributed by atoms with Gasteiger partial charge in [-0.25, -0.2) is 9.80 Å². The van der Waals surface area contributed by atoms with Crippen molar-refractivity contribution < 1.29 is 19.2 Å². The van der Waals surface area contributed by atoms with Crippen LogP contribution in [-0.2, 0) is 0 Å². The number of rotatable bonds is 10. The van der Waals surface area contributed by atoms with E-state index in [0.717, 1.165) is 101 Å². The number of benzene rings is 9. The van der Waals surface area contributed by atoms with Crippen molar-refractivity contribution in [2.45, 2.75) is 145 Å². The van der Waals surface area contributed by atoms with Crippen molar-refractivity contribution >= 4 is 115 Å². The summed E-state index contributed by atoms with van der Waals surface area (Å²) >= 11 is 0. The molecule has 0 fully saturated rings. The summed E-state index contributed by atoms with van der Waals surface area (Å²) in [7, 11) is -5.34. The predicted molar refractivity (Wildman–Crippen MR) is 333 cm³/mol. The lowest BCUT2D eigenvalue weighted by molar-refractivity contribution is 0.0877. The molecule has 4 aliphatic rings. The van der Waals surface area contributed by atoms with Gasteiger partial charge in [0.2, 0.25) is 0 Å². The molecule has 0 spiro atoms. The number of aryl methyl sites for hydroxylation is 2. The topological polar surface area (TPSA) is 74.8 Å². The van der Waals surface area contributed by atoms with Crippen molar-refractivity contribution in [3.63, 3.8) is 0 Å². The summed E-state index contributed by atoms with van der Waals surface area (Å²) in [5, 5.41) is 13.3.